The van der Waals surface area contributed by atoms with Crippen molar-refractivity contribution in [3.8, 4) is 17.1 Å². The number of morpholine rings is 1. The van der Waals surface area contributed by atoms with E-state index in [0.29, 0.717) is 35.6 Å². The van der Waals surface area contributed by atoms with Crippen molar-refractivity contribution in [1.29, 1.82) is 0 Å². The van der Waals surface area contributed by atoms with Gasteiger partial charge in [-0.15, -0.1) is 11.8 Å². The Balaban J connectivity index is 1.52. The second-order valence-electron chi connectivity index (χ2n) is 6.70. The van der Waals surface area contributed by atoms with Gasteiger partial charge in [0.25, 0.3) is 0 Å². The summed E-state index contributed by atoms with van der Waals surface area (Å²) in [5.41, 5.74) is 1.40. The van der Waals surface area contributed by atoms with E-state index < -0.39 is 6.09 Å². The Bertz CT molecular complexity index is 1040. The number of nitrogens with one attached hydrogen (secondary N) is 1. The third kappa shape index (κ3) is 5.28. The normalized spacial score (nSPS) is 13.7. The van der Waals surface area contributed by atoms with Crippen LogP contribution in [-0.4, -0.2) is 48.6 Å². The third-order valence-electron chi connectivity index (χ3n) is 4.66. The number of aromatic nitrogens is 2. The molecule has 160 valence electrons. The van der Waals surface area contributed by atoms with Crippen LogP contribution in [0.4, 0.5) is 16.3 Å². The number of carbonyl (C=O) groups is 1. The van der Waals surface area contributed by atoms with Crippen LogP contribution in [-0.2, 0) is 4.74 Å². The lowest BCUT2D eigenvalue weighted by molar-refractivity contribution is 0.122. The van der Waals surface area contributed by atoms with E-state index in [0.717, 1.165) is 29.4 Å². The smallest absolute Gasteiger partial charge is 0.410 e. The average Bonchev–Trinajstić information content (AvgIpc) is 2.80. The van der Waals surface area contributed by atoms with E-state index >= 15 is 0 Å². The van der Waals surface area contributed by atoms with Gasteiger partial charge in [0.2, 0.25) is 0 Å². The largest absolute Gasteiger partial charge is 0.417 e. The highest BCUT2D eigenvalue weighted by atomic mass is 35.5. The fourth-order valence-corrected chi connectivity index (χ4v) is 4.12. The molecule has 9 heteroatoms. The summed E-state index contributed by atoms with van der Waals surface area (Å²) < 4.78 is 10.7. The highest BCUT2D eigenvalue weighted by molar-refractivity contribution is 7.98. The Labute approximate surface area is 189 Å². The molecule has 0 saturated carbocycles. The molecule has 3 aromatic rings. The van der Waals surface area contributed by atoms with E-state index in [-0.39, 0.29) is 0 Å². The minimum absolute atomic E-state index is 0.424. The number of hydrogen-bond donors (Lipinski definition) is 1. The van der Waals surface area contributed by atoms with E-state index in [2.05, 4.69) is 15.2 Å². The van der Waals surface area contributed by atoms with E-state index in [1.165, 1.54) is 11.8 Å². The first-order chi connectivity index (χ1) is 15.1. The summed E-state index contributed by atoms with van der Waals surface area (Å²) in [5.74, 6) is 1.83. The molecule has 31 heavy (non-hydrogen) atoms. The lowest BCUT2D eigenvalue weighted by atomic mass is 10.2. The van der Waals surface area contributed by atoms with Crippen molar-refractivity contribution in [2.75, 3.05) is 42.8 Å². The molecule has 1 amide bonds. The van der Waals surface area contributed by atoms with Gasteiger partial charge < -0.3 is 14.4 Å². The predicted molar refractivity (Wildman–Crippen MR) is 123 cm³/mol. The lowest BCUT2D eigenvalue weighted by Gasteiger charge is -2.29. The summed E-state index contributed by atoms with van der Waals surface area (Å²) in [6, 6.07) is 16.1. The zero-order chi connectivity index (χ0) is 21.6. The molecule has 0 atom stereocenters. The van der Waals surface area contributed by atoms with Crippen molar-refractivity contribution in [3.05, 3.63) is 59.8 Å². The van der Waals surface area contributed by atoms with Crippen LogP contribution in [0.2, 0.25) is 5.15 Å². The van der Waals surface area contributed by atoms with E-state index in [1.54, 1.807) is 36.4 Å². The summed E-state index contributed by atoms with van der Waals surface area (Å²) in [6.07, 6.45) is 1.40. The fraction of sp³-hybridized carbons (Fsp3) is 0.227. The van der Waals surface area contributed by atoms with Crippen molar-refractivity contribution >= 4 is 41.0 Å². The first kappa shape index (κ1) is 21.4. The maximum absolute atomic E-state index is 12.1. The first-order valence-corrected chi connectivity index (χ1v) is 11.3. The molecule has 1 N–H and O–H groups in total. The summed E-state index contributed by atoms with van der Waals surface area (Å²) in [5, 5.41) is 3.13. The minimum atomic E-state index is -0.558. The van der Waals surface area contributed by atoms with Crippen LogP contribution in [0, 0.1) is 0 Å². The Hall–Kier alpha value is -2.81. The molecule has 0 spiro atoms. The van der Waals surface area contributed by atoms with Crippen LogP contribution in [0.3, 0.4) is 0 Å². The second-order valence-corrected chi connectivity index (χ2v) is 7.87. The molecule has 0 aliphatic carbocycles. The highest BCUT2D eigenvalue weighted by Crippen LogP contribution is 2.35. The first-order valence-electron chi connectivity index (χ1n) is 9.72. The molecule has 1 aliphatic heterocycles. The number of hydrogen-bond acceptors (Lipinski definition) is 7. The maximum Gasteiger partial charge on any atom is 0.417 e. The highest BCUT2D eigenvalue weighted by Gasteiger charge is 2.21. The maximum atomic E-state index is 12.1. The molecule has 1 fully saturated rings. The number of benzene rings is 2. The van der Waals surface area contributed by atoms with Crippen LogP contribution in [0.25, 0.3) is 11.4 Å². The van der Waals surface area contributed by atoms with E-state index in [1.807, 2.05) is 24.5 Å². The molecule has 4 rings (SSSR count). The lowest BCUT2D eigenvalue weighted by Crippen LogP contribution is -2.37. The molecule has 7 nitrogen and oxygen atoms in total. The number of rotatable bonds is 5. The summed E-state index contributed by atoms with van der Waals surface area (Å²) in [7, 11) is 0. The van der Waals surface area contributed by atoms with Gasteiger partial charge in [-0.1, -0.05) is 29.8 Å². The van der Waals surface area contributed by atoms with Gasteiger partial charge in [0.05, 0.1) is 18.1 Å². The molecule has 0 radical (unpaired) electrons. The van der Waals surface area contributed by atoms with Gasteiger partial charge in [-0.05, 0) is 42.7 Å². The number of nitrogens with zero attached hydrogens (tertiary/aromatic N) is 3. The SMILES string of the molecule is CSc1c(Cl)nc(-c2ccc(NC(=O)Oc3ccccc3)cc2)nc1N1CCOCC1. The number of thioether (sulfide) groups is 1. The van der Waals surface area contributed by atoms with Gasteiger partial charge >= 0.3 is 6.09 Å². The number of anilines is 2. The van der Waals surface area contributed by atoms with Gasteiger partial charge in [-0.2, -0.15) is 0 Å². The quantitative estimate of drug-likeness (QED) is 0.429. The van der Waals surface area contributed by atoms with E-state index in [9.17, 15) is 4.79 Å². The number of halogens is 1. The van der Waals surface area contributed by atoms with Crippen molar-refractivity contribution in [2.24, 2.45) is 0 Å². The van der Waals surface area contributed by atoms with Gasteiger partial charge in [0.1, 0.15) is 16.7 Å². The van der Waals surface area contributed by atoms with Gasteiger partial charge in [-0.3, -0.25) is 5.32 Å². The molecule has 1 aromatic heterocycles. The Morgan fingerprint density at radius 2 is 1.81 bits per heavy atom. The monoisotopic (exact) mass is 456 g/mol. The molecule has 1 saturated heterocycles. The zero-order valence-corrected chi connectivity index (χ0v) is 18.4. The van der Waals surface area contributed by atoms with Crippen LogP contribution >= 0.6 is 23.4 Å². The van der Waals surface area contributed by atoms with Crippen molar-refractivity contribution < 1.29 is 14.3 Å². The third-order valence-corrected chi connectivity index (χ3v) is 5.83. The van der Waals surface area contributed by atoms with Crippen molar-refractivity contribution in [3.63, 3.8) is 0 Å². The van der Waals surface area contributed by atoms with Crippen molar-refractivity contribution in [2.45, 2.75) is 4.90 Å². The molecular formula is C22H21ClN4O3S. The second kappa shape index (κ2) is 10.00. The van der Waals surface area contributed by atoms with Crippen molar-refractivity contribution in [1.82, 2.24) is 9.97 Å². The Kier molecular flexibility index (Phi) is 6.91. The van der Waals surface area contributed by atoms with Gasteiger partial charge in [0, 0.05) is 24.3 Å². The van der Waals surface area contributed by atoms with Gasteiger partial charge in [-0.25, -0.2) is 14.8 Å². The predicted octanol–water partition coefficient (Wildman–Crippen LogP) is 4.97. The number of carbonyl (C=O) groups excluding carboxylic acids is 1. The Morgan fingerprint density at radius 1 is 1.10 bits per heavy atom. The van der Waals surface area contributed by atoms with Gasteiger partial charge in [0.15, 0.2) is 5.82 Å². The summed E-state index contributed by atoms with van der Waals surface area (Å²) >= 11 is 8.01. The zero-order valence-electron chi connectivity index (χ0n) is 16.9. The molecule has 0 unspecified atom stereocenters. The number of para-hydroxylation sites is 1. The molecule has 2 aromatic carbocycles. The molecule has 0 bridgehead atoms. The Morgan fingerprint density at radius 3 is 2.48 bits per heavy atom. The standard InChI is InChI=1S/C22H21ClN4O3S/c1-31-18-19(23)25-20(26-21(18)27-11-13-29-14-12-27)15-7-9-16(10-8-15)24-22(28)30-17-5-3-2-4-6-17/h2-10H,11-14H2,1H3,(H,24,28). The van der Waals surface area contributed by atoms with Crippen LogP contribution in [0.15, 0.2) is 59.5 Å². The minimum Gasteiger partial charge on any atom is -0.410 e. The van der Waals surface area contributed by atoms with Crippen LogP contribution < -0.4 is 15.0 Å². The summed E-state index contributed by atoms with van der Waals surface area (Å²) in [4.78, 5) is 24.4. The van der Waals surface area contributed by atoms with Crippen LogP contribution in [0.5, 0.6) is 5.75 Å². The molecular weight excluding hydrogens is 436 g/mol. The summed E-state index contributed by atoms with van der Waals surface area (Å²) in [6.45, 7) is 2.83. The number of amides is 1. The van der Waals surface area contributed by atoms with Crippen LogP contribution in [0.1, 0.15) is 0 Å². The molecule has 2 heterocycles. The number of ether oxygens (including phenoxy) is 2. The average molecular weight is 457 g/mol. The molecule has 1 aliphatic rings. The van der Waals surface area contributed by atoms with E-state index in [4.69, 9.17) is 26.1 Å². The fourth-order valence-electron chi connectivity index (χ4n) is 3.15. The topological polar surface area (TPSA) is 76.6 Å².